The molecular weight excluding hydrogens is 362 g/mol. The highest BCUT2D eigenvalue weighted by Crippen LogP contribution is 2.19. The van der Waals surface area contributed by atoms with E-state index in [-0.39, 0.29) is 5.91 Å². The van der Waals surface area contributed by atoms with Crippen molar-refractivity contribution in [3.63, 3.8) is 0 Å². The molecule has 6 heteroatoms. The number of rotatable bonds is 5. The maximum Gasteiger partial charge on any atom is 0.272 e. The van der Waals surface area contributed by atoms with Gasteiger partial charge in [-0.2, -0.15) is 0 Å². The van der Waals surface area contributed by atoms with Crippen LogP contribution in [-0.4, -0.2) is 47.0 Å². The van der Waals surface area contributed by atoms with E-state index in [1.165, 1.54) is 11.3 Å². The Morgan fingerprint density at radius 1 is 0.966 bits per heavy atom. The van der Waals surface area contributed by atoms with Crippen LogP contribution in [0.1, 0.15) is 21.7 Å². The van der Waals surface area contributed by atoms with E-state index in [1.807, 2.05) is 35.2 Å². The number of aryl methyl sites for hydroxylation is 1. The van der Waals surface area contributed by atoms with E-state index in [2.05, 4.69) is 51.4 Å². The summed E-state index contributed by atoms with van der Waals surface area (Å²) in [6.45, 7) is 5.75. The molecule has 0 saturated carbocycles. The molecule has 0 radical (unpaired) electrons. The van der Waals surface area contributed by atoms with Crippen LogP contribution in [0.2, 0.25) is 0 Å². The van der Waals surface area contributed by atoms with E-state index >= 15 is 0 Å². The van der Waals surface area contributed by atoms with Gasteiger partial charge in [-0.25, -0.2) is 0 Å². The van der Waals surface area contributed by atoms with Gasteiger partial charge >= 0.3 is 0 Å². The van der Waals surface area contributed by atoms with Crippen molar-refractivity contribution in [3.05, 3.63) is 83.9 Å². The van der Waals surface area contributed by atoms with Gasteiger partial charge in [0.1, 0.15) is 5.69 Å². The molecule has 1 N–H and O–H groups in total. The summed E-state index contributed by atoms with van der Waals surface area (Å²) in [7, 11) is 0. The Bertz CT molecular complexity index is 968. The summed E-state index contributed by atoms with van der Waals surface area (Å²) in [5, 5.41) is 3.31. The summed E-state index contributed by atoms with van der Waals surface area (Å²) < 4.78 is 0. The Balaban J connectivity index is 1.36. The van der Waals surface area contributed by atoms with Gasteiger partial charge in [0.25, 0.3) is 5.91 Å². The maximum absolute atomic E-state index is 12.9. The zero-order chi connectivity index (χ0) is 20.1. The summed E-state index contributed by atoms with van der Waals surface area (Å²) in [5.74, 6) is -0.0182. The van der Waals surface area contributed by atoms with Crippen molar-refractivity contribution in [1.82, 2.24) is 14.9 Å². The Morgan fingerprint density at radius 3 is 2.59 bits per heavy atom. The lowest BCUT2D eigenvalue weighted by molar-refractivity contribution is 0.0741. The molecule has 2 aromatic heterocycles. The molecule has 29 heavy (non-hydrogen) atoms. The first-order valence-electron chi connectivity index (χ1n) is 9.90. The summed E-state index contributed by atoms with van der Waals surface area (Å²) in [6, 6.07) is 18.0. The van der Waals surface area contributed by atoms with Crippen molar-refractivity contribution in [2.75, 3.05) is 36.4 Å². The van der Waals surface area contributed by atoms with E-state index in [0.29, 0.717) is 25.3 Å². The molecule has 3 heterocycles. The first kappa shape index (κ1) is 18.9. The molecule has 0 unspecified atom stereocenters. The van der Waals surface area contributed by atoms with Gasteiger partial charge in [0.15, 0.2) is 0 Å². The van der Waals surface area contributed by atoms with Crippen LogP contribution >= 0.6 is 0 Å². The lowest BCUT2D eigenvalue weighted by Gasteiger charge is -2.36. The molecular formula is C23H25N5O. The van der Waals surface area contributed by atoms with E-state index < -0.39 is 0 Å². The molecule has 0 spiro atoms. The molecule has 1 aliphatic rings. The van der Waals surface area contributed by atoms with Crippen molar-refractivity contribution >= 4 is 17.3 Å². The minimum absolute atomic E-state index is 0.0182. The SMILES string of the molecule is Cc1cccc(N2CCN(C(=O)c3cc(NCc4ccccn4)ccn3)CC2)c1. The van der Waals surface area contributed by atoms with Gasteiger partial charge in [-0.3, -0.25) is 14.8 Å². The van der Waals surface area contributed by atoms with Gasteiger partial charge in [0.05, 0.1) is 12.2 Å². The van der Waals surface area contributed by atoms with Gasteiger partial charge in [0.2, 0.25) is 0 Å². The van der Waals surface area contributed by atoms with Crippen LogP contribution in [-0.2, 0) is 6.54 Å². The Hall–Kier alpha value is -3.41. The average Bonchev–Trinajstić information content (AvgIpc) is 2.78. The zero-order valence-corrected chi connectivity index (χ0v) is 16.6. The monoisotopic (exact) mass is 387 g/mol. The normalized spacial score (nSPS) is 14.0. The summed E-state index contributed by atoms with van der Waals surface area (Å²) in [6.07, 6.45) is 3.45. The number of nitrogens with one attached hydrogen (secondary N) is 1. The van der Waals surface area contributed by atoms with Crippen molar-refractivity contribution in [1.29, 1.82) is 0 Å². The number of piperazine rings is 1. The fraction of sp³-hybridized carbons (Fsp3) is 0.261. The average molecular weight is 387 g/mol. The molecule has 4 rings (SSSR count). The maximum atomic E-state index is 12.9. The molecule has 1 fully saturated rings. The topological polar surface area (TPSA) is 61.4 Å². The number of hydrogen-bond donors (Lipinski definition) is 1. The molecule has 3 aromatic rings. The third-order valence-electron chi connectivity index (χ3n) is 5.11. The molecule has 148 valence electrons. The van der Waals surface area contributed by atoms with Crippen molar-refractivity contribution in [2.24, 2.45) is 0 Å². The highest BCUT2D eigenvalue weighted by Gasteiger charge is 2.23. The largest absolute Gasteiger partial charge is 0.379 e. The van der Waals surface area contributed by atoms with Crippen LogP contribution in [0, 0.1) is 6.92 Å². The minimum Gasteiger partial charge on any atom is -0.379 e. The quantitative estimate of drug-likeness (QED) is 0.727. The number of carbonyl (C=O) groups is 1. The third-order valence-corrected chi connectivity index (χ3v) is 5.11. The Kier molecular flexibility index (Phi) is 5.70. The van der Waals surface area contributed by atoms with E-state index in [9.17, 15) is 4.79 Å². The highest BCUT2D eigenvalue weighted by atomic mass is 16.2. The predicted octanol–water partition coefficient (Wildman–Crippen LogP) is 3.36. The second kappa shape index (κ2) is 8.73. The molecule has 1 amide bonds. The zero-order valence-electron chi connectivity index (χ0n) is 16.6. The van der Waals surface area contributed by atoms with Crippen LogP contribution in [0.3, 0.4) is 0 Å². The molecule has 0 aliphatic carbocycles. The van der Waals surface area contributed by atoms with E-state index in [4.69, 9.17) is 0 Å². The molecule has 1 saturated heterocycles. The second-order valence-corrected chi connectivity index (χ2v) is 7.22. The number of nitrogens with zero attached hydrogens (tertiary/aromatic N) is 4. The number of anilines is 2. The fourth-order valence-electron chi connectivity index (χ4n) is 3.51. The number of amides is 1. The molecule has 1 aliphatic heterocycles. The van der Waals surface area contributed by atoms with Crippen molar-refractivity contribution < 1.29 is 4.79 Å². The number of carbonyl (C=O) groups excluding carboxylic acids is 1. The fourth-order valence-corrected chi connectivity index (χ4v) is 3.51. The van der Waals surface area contributed by atoms with Gasteiger partial charge in [0, 0.05) is 49.9 Å². The smallest absolute Gasteiger partial charge is 0.272 e. The standard InChI is InChI=1S/C23H25N5O/c1-18-5-4-7-21(15-18)27-11-13-28(14-12-27)23(29)22-16-19(8-10-25-22)26-17-20-6-2-3-9-24-20/h2-10,15-16H,11-14,17H2,1H3,(H,25,26). The van der Waals surface area contributed by atoms with Crippen LogP contribution in [0.4, 0.5) is 11.4 Å². The van der Waals surface area contributed by atoms with Crippen LogP contribution in [0.25, 0.3) is 0 Å². The van der Waals surface area contributed by atoms with Crippen LogP contribution < -0.4 is 10.2 Å². The summed E-state index contributed by atoms with van der Waals surface area (Å²) in [5.41, 5.74) is 4.76. The van der Waals surface area contributed by atoms with Crippen LogP contribution in [0.5, 0.6) is 0 Å². The van der Waals surface area contributed by atoms with Crippen LogP contribution in [0.15, 0.2) is 67.0 Å². The van der Waals surface area contributed by atoms with Crippen molar-refractivity contribution in [2.45, 2.75) is 13.5 Å². The number of pyridine rings is 2. The van der Waals surface area contributed by atoms with Gasteiger partial charge in [-0.15, -0.1) is 0 Å². The lowest BCUT2D eigenvalue weighted by Crippen LogP contribution is -2.49. The van der Waals surface area contributed by atoms with E-state index in [1.54, 1.807) is 12.4 Å². The molecule has 0 atom stereocenters. The first-order chi connectivity index (χ1) is 14.2. The minimum atomic E-state index is -0.0182. The van der Waals surface area contributed by atoms with Gasteiger partial charge < -0.3 is 15.1 Å². The lowest BCUT2D eigenvalue weighted by atomic mass is 10.2. The van der Waals surface area contributed by atoms with Gasteiger partial charge in [-0.1, -0.05) is 18.2 Å². The highest BCUT2D eigenvalue weighted by molar-refractivity contribution is 5.93. The molecule has 6 nitrogen and oxygen atoms in total. The second-order valence-electron chi connectivity index (χ2n) is 7.22. The summed E-state index contributed by atoms with van der Waals surface area (Å²) in [4.78, 5) is 25.7. The number of hydrogen-bond acceptors (Lipinski definition) is 5. The van der Waals surface area contributed by atoms with Gasteiger partial charge in [-0.05, 0) is 48.9 Å². The van der Waals surface area contributed by atoms with E-state index in [0.717, 1.165) is 24.5 Å². The predicted molar refractivity (Wildman–Crippen MR) is 115 cm³/mol. The number of benzene rings is 1. The first-order valence-corrected chi connectivity index (χ1v) is 9.90. The van der Waals surface area contributed by atoms with Crippen molar-refractivity contribution in [3.8, 4) is 0 Å². The Labute approximate surface area is 171 Å². The number of aromatic nitrogens is 2. The molecule has 1 aromatic carbocycles. The third kappa shape index (κ3) is 4.71. The molecule has 0 bridgehead atoms. The summed E-state index contributed by atoms with van der Waals surface area (Å²) >= 11 is 0. The Morgan fingerprint density at radius 2 is 1.83 bits per heavy atom.